The maximum Gasteiger partial charge on any atom is 0.471 e. The van der Waals surface area contributed by atoms with Crippen LogP contribution in [-0.4, -0.2) is 95.8 Å². The second-order valence-corrected chi connectivity index (χ2v) is 12.8. The Bertz CT molecular complexity index is 1720. The molecule has 1 saturated heterocycles. The number of fused-ring (bicyclic) bond motifs is 4. The van der Waals surface area contributed by atoms with Gasteiger partial charge in [-0.3, -0.25) is 24.2 Å². The Hall–Kier alpha value is -4.28. The van der Waals surface area contributed by atoms with Crippen molar-refractivity contribution in [3.8, 4) is 28.7 Å². The molecule has 1 unspecified atom stereocenters. The highest BCUT2D eigenvalue weighted by Gasteiger charge is 2.59. The maximum atomic E-state index is 13.2. The molecule has 2 bridgehead atoms. The molecular formula is C32H37F3N4O9. The van der Waals surface area contributed by atoms with Crippen LogP contribution in [0.25, 0.3) is 0 Å². The SMILES string of the molecule is COc1c(C)cc2c(c1O)[C@@H]1C3Cc4c(OC(C)=O)c(C)c5c(c4[C@H](CNC(=O)[C@H](C)NC(=O)C(F)(F)F)N3[C@](O)(C2)CN1C)OCO5. The summed E-state index contributed by atoms with van der Waals surface area (Å²) in [6.45, 7) is 5.59. The van der Waals surface area contributed by atoms with Gasteiger partial charge in [0.15, 0.2) is 23.0 Å². The van der Waals surface area contributed by atoms with Crippen LogP contribution in [0.15, 0.2) is 6.07 Å². The van der Waals surface area contributed by atoms with Crippen molar-refractivity contribution in [2.24, 2.45) is 0 Å². The fourth-order valence-electron chi connectivity index (χ4n) is 7.96. The number of nitrogens with one attached hydrogen (secondary N) is 2. The summed E-state index contributed by atoms with van der Waals surface area (Å²) in [6.07, 6.45) is -4.92. The van der Waals surface area contributed by atoms with E-state index in [2.05, 4.69) is 5.32 Å². The van der Waals surface area contributed by atoms with Crippen molar-refractivity contribution in [2.75, 3.05) is 34.0 Å². The number of aromatic hydroxyl groups is 1. The monoisotopic (exact) mass is 678 g/mol. The summed E-state index contributed by atoms with van der Waals surface area (Å²) in [5, 5.41) is 28.5. The molecule has 2 aromatic carbocycles. The largest absolute Gasteiger partial charge is 0.504 e. The van der Waals surface area contributed by atoms with Crippen molar-refractivity contribution >= 4 is 17.8 Å². The molecule has 5 atom stereocenters. The molecule has 4 N–H and O–H groups in total. The van der Waals surface area contributed by atoms with Gasteiger partial charge in [0.2, 0.25) is 12.7 Å². The number of carbonyl (C=O) groups excluding carboxylic acids is 3. The first-order chi connectivity index (χ1) is 22.5. The minimum Gasteiger partial charge on any atom is -0.504 e. The third-order valence-corrected chi connectivity index (χ3v) is 9.65. The molecule has 260 valence electrons. The fraction of sp³-hybridized carbons (Fsp3) is 0.531. The maximum absolute atomic E-state index is 13.2. The van der Waals surface area contributed by atoms with Gasteiger partial charge < -0.3 is 39.8 Å². The van der Waals surface area contributed by atoms with Crippen molar-refractivity contribution < 1.29 is 56.7 Å². The van der Waals surface area contributed by atoms with Gasteiger partial charge in [-0.25, -0.2) is 0 Å². The van der Waals surface area contributed by atoms with Crippen molar-refractivity contribution in [2.45, 2.75) is 76.6 Å². The average molecular weight is 679 g/mol. The van der Waals surface area contributed by atoms with Crippen LogP contribution in [0.4, 0.5) is 13.2 Å². The van der Waals surface area contributed by atoms with E-state index in [1.165, 1.54) is 14.0 Å². The van der Waals surface area contributed by atoms with Gasteiger partial charge in [-0.15, -0.1) is 0 Å². The van der Waals surface area contributed by atoms with E-state index in [0.717, 1.165) is 6.92 Å². The Morgan fingerprint density at radius 3 is 2.50 bits per heavy atom. The Labute approximate surface area is 273 Å². The minimum absolute atomic E-state index is 0.0672. The molecule has 0 radical (unpaired) electrons. The topological polar surface area (TPSA) is 159 Å². The molecule has 2 aromatic rings. The first kappa shape index (κ1) is 33.6. The molecule has 48 heavy (non-hydrogen) atoms. The number of likely N-dealkylation sites (N-methyl/N-ethyl adjacent to an activating group) is 1. The predicted molar refractivity (Wildman–Crippen MR) is 161 cm³/mol. The van der Waals surface area contributed by atoms with Gasteiger partial charge in [0, 0.05) is 54.7 Å². The molecule has 13 nitrogen and oxygen atoms in total. The number of ether oxygens (including phenoxy) is 4. The van der Waals surface area contributed by atoms with Crippen molar-refractivity contribution in [3.63, 3.8) is 0 Å². The highest BCUT2D eigenvalue weighted by Crippen LogP contribution is 2.59. The number of rotatable bonds is 6. The smallest absolute Gasteiger partial charge is 0.471 e. The lowest BCUT2D eigenvalue weighted by Gasteiger charge is -2.58. The number of phenols is 1. The number of methoxy groups -OCH3 is 1. The number of hydrogen-bond donors (Lipinski definition) is 4. The molecule has 16 heteroatoms. The first-order valence-corrected chi connectivity index (χ1v) is 15.4. The predicted octanol–water partition coefficient (Wildman–Crippen LogP) is 2.05. The summed E-state index contributed by atoms with van der Waals surface area (Å²) in [6, 6.07) is -1.73. The molecule has 2 amide bonds. The number of aryl methyl sites for hydroxylation is 1. The number of esters is 1. The molecule has 0 spiro atoms. The van der Waals surface area contributed by atoms with Crippen molar-refractivity contribution in [1.29, 1.82) is 0 Å². The molecule has 1 fully saturated rings. The molecule has 0 saturated carbocycles. The zero-order chi connectivity index (χ0) is 35.0. The van der Waals surface area contributed by atoms with Crippen LogP contribution in [0.1, 0.15) is 59.3 Å². The number of nitrogens with zero attached hydrogens (tertiary/aromatic N) is 2. The number of hydrogen-bond acceptors (Lipinski definition) is 11. The highest BCUT2D eigenvalue weighted by molar-refractivity contribution is 5.89. The van der Waals surface area contributed by atoms with Gasteiger partial charge in [0.25, 0.3) is 0 Å². The zero-order valence-corrected chi connectivity index (χ0v) is 27.2. The van der Waals surface area contributed by atoms with Crippen LogP contribution in [-0.2, 0) is 27.2 Å². The van der Waals surface area contributed by atoms with Crippen LogP contribution in [0.2, 0.25) is 0 Å². The van der Waals surface area contributed by atoms with Crippen molar-refractivity contribution in [1.82, 2.24) is 20.4 Å². The summed E-state index contributed by atoms with van der Waals surface area (Å²) in [5.74, 6) is -2.67. The molecule has 0 aromatic heterocycles. The highest BCUT2D eigenvalue weighted by atomic mass is 19.4. The van der Waals surface area contributed by atoms with E-state index in [-0.39, 0.29) is 44.2 Å². The Balaban J connectivity index is 1.51. The van der Waals surface area contributed by atoms with E-state index in [0.29, 0.717) is 50.6 Å². The molecule has 5 heterocycles. The Morgan fingerprint density at radius 1 is 1.17 bits per heavy atom. The third kappa shape index (κ3) is 5.26. The number of amides is 2. The summed E-state index contributed by atoms with van der Waals surface area (Å²) < 4.78 is 61.8. The molecule has 5 aliphatic rings. The van der Waals surface area contributed by atoms with E-state index in [9.17, 15) is 37.8 Å². The standard InChI is InChI=1S/C32H37F3N4O9/c1-13-7-17-9-31(44)11-38(5)23(21(17)24(41)25(13)45-6)19-8-18-22(28-27(46-12-47-28)14(2)26(18)48-16(4)40)20(39(19)31)10-36-29(42)15(3)37-30(43)32(33,34)35/h7,15,19-20,23,41,44H,8-12H2,1-6H3,(H,36,42)(H,37,43)/t15-,19?,20-,23-,31-/m0/s1. The van der Waals surface area contributed by atoms with E-state index >= 15 is 0 Å². The minimum atomic E-state index is -5.19. The van der Waals surface area contributed by atoms with E-state index in [1.807, 2.05) is 22.9 Å². The number of halogens is 3. The molecule has 0 aliphatic carbocycles. The van der Waals surface area contributed by atoms with Crippen LogP contribution >= 0.6 is 0 Å². The Morgan fingerprint density at radius 2 is 1.85 bits per heavy atom. The summed E-state index contributed by atoms with van der Waals surface area (Å²) in [4.78, 5) is 40.9. The number of phenolic OH excluding ortho intramolecular Hbond substituents is 1. The van der Waals surface area contributed by atoms with E-state index in [1.54, 1.807) is 19.2 Å². The number of alkyl halides is 3. The van der Waals surface area contributed by atoms with Crippen LogP contribution < -0.4 is 29.6 Å². The molecule has 5 aliphatic heterocycles. The lowest BCUT2D eigenvalue weighted by molar-refractivity contribution is -0.205. The second-order valence-electron chi connectivity index (χ2n) is 12.8. The molecule has 7 rings (SSSR count). The number of benzene rings is 2. The van der Waals surface area contributed by atoms with Crippen LogP contribution in [0.5, 0.6) is 28.7 Å². The van der Waals surface area contributed by atoms with Crippen LogP contribution in [0, 0.1) is 13.8 Å². The molecular weight excluding hydrogens is 641 g/mol. The van der Waals surface area contributed by atoms with Gasteiger partial charge in [-0.1, -0.05) is 6.07 Å². The van der Waals surface area contributed by atoms with Gasteiger partial charge in [0.05, 0.1) is 19.2 Å². The fourth-order valence-corrected chi connectivity index (χ4v) is 7.96. The number of piperazine rings is 1. The lowest BCUT2D eigenvalue weighted by Crippen LogP contribution is -2.69. The number of carbonyl (C=O) groups is 3. The third-order valence-electron chi connectivity index (χ3n) is 9.65. The van der Waals surface area contributed by atoms with Crippen molar-refractivity contribution in [3.05, 3.63) is 39.4 Å². The summed E-state index contributed by atoms with van der Waals surface area (Å²) >= 11 is 0. The van der Waals surface area contributed by atoms with Gasteiger partial charge >= 0.3 is 18.1 Å². The average Bonchev–Trinajstić information content (AvgIpc) is 3.40. The number of aliphatic hydroxyl groups is 1. The first-order valence-electron chi connectivity index (χ1n) is 15.4. The van der Waals surface area contributed by atoms with Gasteiger partial charge in [0.1, 0.15) is 17.5 Å². The zero-order valence-electron chi connectivity index (χ0n) is 27.2. The lowest BCUT2D eigenvalue weighted by atomic mass is 9.78. The second kappa shape index (κ2) is 11.7. The van der Waals surface area contributed by atoms with E-state index in [4.69, 9.17) is 18.9 Å². The van der Waals surface area contributed by atoms with Gasteiger partial charge in [-0.2, -0.15) is 13.2 Å². The quantitative estimate of drug-likeness (QED) is 0.262. The Kier molecular flexibility index (Phi) is 8.19. The normalized spacial score (nSPS) is 24.9. The van der Waals surface area contributed by atoms with Crippen LogP contribution in [0.3, 0.4) is 0 Å². The summed E-state index contributed by atoms with van der Waals surface area (Å²) in [7, 11) is 3.28. The van der Waals surface area contributed by atoms with E-state index < -0.39 is 53.9 Å². The van der Waals surface area contributed by atoms with Gasteiger partial charge in [-0.05, 0) is 45.4 Å². The summed E-state index contributed by atoms with van der Waals surface area (Å²) in [5.41, 5.74) is 1.84.